The Morgan fingerprint density at radius 2 is 2.45 bits per heavy atom. The molecular weight excluding hydrogens is 188 g/mol. The normalized spacial score (nSPS) is 19.3. The molecule has 0 saturated heterocycles. The van der Waals surface area contributed by atoms with Crippen LogP contribution in [0.15, 0.2) is 22.7 Å². The molecule has 11 heavy (non-hydrogen) atoms. The zero-order valence-electron chi connectivity index (χ0n) is 5.83. The second kappa shape index (κ2) is 2.18. The van der Waals surface area contributed by atoms with E-state index in [9.17, 15) is 0 Å². The molecule has 1 aromatic heterocycles. The van der Waals surface area contributed by atoms with Crippen molar-refractivity contribution < 1.29 is 0 Å². The summed E-state index contributed by atoms with van der Waals surface area (Å²) in [5.41, 5.74) is 0. The number of fused-ring (bicyclic) bond motifs is 2. The summed E-state index contributed by atoms with van der Waals surface area (Å²) >= 11 is 3.93. The topological polar surface area (TPSA) is 0 Å². The van der Waals surface area contributed by atoms with Gasteiger partial charge in [0.15, 0.2) is 0 Å². The molecule has 2 aliphatic heterocycles. The molecule has 0 radical (unpaired) electrons. The minimum absolute atomic E-state index is 0.464. The maximum absolute atomic E-state index is 2.40. The zero-order chi connectivity index (χ0) is 7.26. The Morgan fingerprint density at radius 1 is 1.45 bits per heavy atom. The zero-order valence-corrected chi connectivity index (χ0v) is 8.62. The van der Waals surface area contributed by atoms with Crippen LogP contribution in [0.2, 0.25) is 0 Å². The predicted octanol–water partition coefficient (Wildman–Crippen LogP) is 1.19. The summed E-state index contributed by atoms with van der Waals surface area (Å²) in [6.07, 6.45) is 2.40. The van der Waals surface area contributed by atoms with E-state index in [2.05, 4.69) is 17.5 Å². The molecule has 0 spiro atoms. The molecule has 0 aliphatic carbocycles. The van der Waals surface area contributed by atoms with Crippen molar-refractivity contribution in [2.75, 3.05) is 5.75 Å². The second-order valence-electron chi connectivity index (χ2n) is 2.65. The van der Waals surface area contributed by atoms with Gasteiger partial charge in [-0.2, -0.15) is 0 Å². The molecule has 0 fully saturated rings. The Morgan fingerprint density at radius 3 is 3.45 bits per heavy atom. The summed E-state index contributed by atoms with van der Waals surface area (Å²) in [7, 11) is 0.464. The van der Waals surface area contributed by atoms with E-state index >= 15 is 0 Å². The van der Waals surface area contributed by atoms with Gasteiger partial charge in [0.25, 0.3) is 0 Å². The summed E-state index contributed by atoms with van der Waals surface area (Å²) in [6, 6.07) is 2.29. The monoisotopic (exact) mass is 194 g/mol. The Bertz CT molecular complexity index is 453. The Balaban J connectivity index is 2.55. The Hall–Kier alpha value is -0.123. The molecule has 0 aromatic carbocycles. The van der Waals surface area contributed by atoms with Crippen molar-refractivity contribution in [1.29, 1.82) is 0 Å². The van der Waals surface area contributed by atoms with Crippen LogP contribution in [0.1, 0.15) is 0 Å². The smallest absolute Gasteiger partial charge is 0.0433 e. The van der Waals surface area contributed by atoms with E-state index in [1.807, 2.05) is 23.1 Å². The highest BCUT2D eigenvalue weighted by molar-refractivity contribution is 8.09. The first-order valence-corrected chi connectivity index (χ1v) is 6.60. The van der Waals surface area contributed by atoms with Crippen LogP contribution in [0.4, 0.5) is 0 Å². The summed E-state index contributed by atoms with van der Waals surface area (Å²) in [5, 5.41) is 3.89. The van der Waals surface area contributed by atoms with Crippen molar-refractivity contribution in [3.63, 3.8) is 0 Å². The molecule has 0 bridgehead atoms. The first kappa shape index (κ1) is 6.40. The van der Waals surface area contributed by atoms with Gasteiger partial charge in [0.1, 0.15) is 0 Å². The van der Waals surface area contributed by atoms with Crippen LogP contribution >= 0.6 is 23.1 Å². The fraction of sp³-hybridized carbons (Fsp3) is 0.125. The van der Waals surface area contributed by atoms with Gasteiger partial charge in [-0.05, 0) is 21.5 Å². The molecule has 1 aromatic rings. The lowest BCUT2D eigenvalue weighted by molar-refractivity contribution is 1.81. The van der Waals surface area contributed by atoms with Crippen LogP contribution in [0.25, 0.3) is 4.91 Å². The average Bonchev–Trinajstić information content (AvgIpc) is 2.52. The van der Waals surface area contributed by atoms with Crippen molar-refractivity contribution in [3.8, 4) is 0 Å². The van der Waals surface area contributed by atoms with Gasteiger partial charge in [-0.15, -0.1) is 23.1 Å². The van der Waals surface area contributed by atoms with Gasteiger partial charge in [-0.3, -0.25) is 0 Å². The molecule has 0 N–H and O–H groups in total. The fourth-order valence-corrected chi connectivity index (χ4v) is 6.17. The Kier molecular flexibility index (Phi) is 1.27. The van der Waals surface area contributed by atoms with E-state index in [0.29, 0.717) is 9.13 Å². The van der Waals surface area contributed by atoms with E-state index in [4.69, 9.17) is 0 Å². The van der Waals surface area contributed by atoms with Gasteiger partial charge in [-0.1, -0.05) is 6.08 Å². The average molecular weight is 194 g/mol. The van der Waals surface area contributed by atoms with Gasteiger partial charge in [0.05, 0.1) is 0 Å². The predicted molar refractivity (Wildman–Crippen MR) is 53.9 cm³/mol. The molecular formula is C8H6S2Si. The van der Waals surface area contributed by atoms with Gasteiger partial charge in [-0.25, -0.2) is 0 Å². The standard InChI is InChI=1S/C8H6S2Si/c1-3-9-7-5(1)11-6-2-4-10-8(6)7/h1-3,11H,4H2. The van der Waals surface area contributed by atoms with Crippen LogP contribution in [0.5, 0.6) is 0 Å². The van der Waals surface area contributed by atoms with Crippen LogP contribution in [-0.4, -0.2) is 14.9 Å². The van der Waals surface area contributed by atoms with E-state index in [0.717, 1.165) is 0 Å². The lowest BCUT2D eigenvalue weighted by atomic mass is 10.4. The van der Waals surface area contributed by atoms with Crippen molar-refractivity contribution in [2.24, 2.45) is 0 Å². The first-order chi connectivity index (χ1) is 5.45. The quantitative estimate of drug-likeness (QED) is 0.559. The van der Waals surface area contributed by atoms with Crippen molar-refractivity contribution in [2.45, 2.75) is 0 Å². The van der Waals surface area contributed by atoms with Crippen molar-refractivity contribution >= 4 is 37.1 Å². The molecule has 0 nitrogen and oxygen atoms in total. The second-order valence-corrected chi connectivity index (χ2v) is 6.13. The SMILES string of the molecule is C1=C2[SiH]=c3ccsc3=C2SC1. The van der Waals surface area contributed by atoms with Gasteiger partial charge >= 0.3 is 0 Å². The van der Waals surface area contributed by atoms with E-state index in [-0.39, 0.29) is 0 Å². The maximum atomic E-state index is 2.40. The highest BCUT2D eigenvalue weighted by Gasteiger charge is 2.16. The highest BCUT2D eigenvalue weighted by atomic mass is 32.2. The largest absolute Gasteiger partial charge is 0.143 e. The molecule has 3 heteroatoms. The third-order valence-corrected chi connectivity index (χ3v) is 6.19. The summed E-state index contributed by atoms with van der Waals surface area (Å²) in [4.78, 5) is 3.23. The minimum Gasteiger partial charge on any atom is -0.143 e. The molecule has 54 valence electrons. The molecule has 2 aliphatic rings. The molecule has 0 saturated carbocycles. The van der Waals surface area contributed by atoms with Gasteiger partial charge in [0.2, 0.25) is 0 Å². The number of thiophene rings is 1. The molecule has 0 atom stereocenters. The third-order valence-electron chi connectivity index (χ3n) is 2.01. The van der Waals surface area contributed by atoms with Crippen LogP contribution in [0.3, 0.4) is 0 Å². The summed E-state index contributed by atoms with van der Waals surface area (Å²) in [5.74, 6) is 1.22. The minimum atomic E-state index is 0.464. The lowest BCUT2D eigenvalue weighted by Crippen LogP contribution is -1.91. The van der Waals surface area contributed by atoms with Gasteiger partial charge < -0.3 is 0 Å². The number of hydrogen-bond acceptors (Lipinski definition) is 2. The van der Waals surface area contributed by atoms with Crippen LogP contribution in [0, 0.1) is 4.81 Å². The van der Waals surface area contributed by atoms with Crippen LogP contribution in [-0.2, 0) is 0 Å². The van der Waals surface area contributed by atoms with E-state index in [1.54, 1.807) is 19.4 Å². The van der Waals surface area contributed by atoms with Crippen LogP contribution < -0.4 is 4.53 Å². The maximum Gasteiger partial charge on any atom is 0.0433 e. The summed E-state index contributed by atoms with van der Waals surface area (Å²) < 4.78 is 1.58. The highest BCUT2D eigenvalue weighted by Crippen LogP contribution is 2.32. The molecule has 3 rings (SSSR count). The third kappa shape index (κ3) is 0.789. The molecule has 0 amide bonds. The molecule has 0 unspecified atom stereocenters. The Labute approximate surface area is 75.1 Å². The number of thioether (sulfide) groups is 1. The van der Waals surface area contributed by atoms with Crippen molar-refractivity contribution in [1.82, 2.24) is 0 Å². The van der Waals surface area contributed by atoms with E-state index in [1.165, 1.54) is 5.75 Å². The first-order valence-electron chi connectivity index (χ1n) is 3.58. The number of hydrogen-bond donors (Lipinski definition) is 0. The summed E-state index contributed by atoms with van der Waals surface area (Å²) in [6.45, 7) is 0. The fourth-order valence-electron chi connectivity index (χ4n) is 1.50. The number of rotatable bonds is 0. The molecule has 3 heterocycles. The van der Waals surface area contributed by atoms with Crippen molar-refractivity contribution in [3.05, 3.63) is 32.1 Å². The lowest BCUT2D eigenvalue weighted by Gasteiger charge is -1.89. The van der Waals surface area contributed by atoms with E-state index < -0.39 is 0 Å². The van der Waals surface area contributed by atoms with Gasteiger partial charge in [0, 0.05) is 24.3 Å².